The molecule has 0 saturated carbocycles. The molecular weight excluding hydrogens is 324 g/mol. The Kier molecular flexibility index (Phi) is 5.16. The van der Waals surface area contributed by atoms with Gasteiger partial charge in [-0.15, -0.1) is 12.4 Å². The molecule has 5 heteroatoms. The Morgan fingerprint density at radius 1 is 1.25 bits per heavy atom. The number of furan rings is 1. The minimum absolute atomic E-state index is 0. The van der Waals surface area contributed by atoms with E-state index >= 15 is 0 Å². The summed E-state index contributed by atoms with van der Waals surface area (Å²) in [5.41, 5.74) is 4.80. The van der Waals surface area contributed by atoms with E-state index in [1.807, 2.05) is 11.9 Å². The molecule has 1 aliphatic carbocycles. The normalized spacial score (nSPS) is 17.5. The highest BCUT2D eigenvalue weighted by Gasteiger charge is 2.23. The lowest BCUT2D eigenvalue weighted by Gasteiger charge is -2.31. The highest BCUT2D eigenvalue weighted by atomic mass is 35.5. The molecule has 1 saturated heterocycles. The Morgan fingerprint density at radius 3 is 2.71 bits per heavy atom. The Labute approximate surface area is 149 Å². The number of carbonyl (C=O) groups is 1. The third kappa shape index (κ3) is 3.17. The standard InChI is InChI=1S/C19H24N2O2.ClH/c1-21(16-5-7-20-8-6-16)19(22)11-15-12-23-18-10-14-4-2-3-13(14)9-17(15)18;/h9-10,12,16,20H,2-8,11H2,1H3;1H. The van der Waals surface area contributed by atoms with Gasteiger partial charge in [0.25, 0.3) is 0 Å². The molecule has 2 heterocycles. The number of piperidine rings is 1. The van der Waals surface area contributed by atoms with Crippen molar-refractivity contribution in [3.8, 4) is 0 Å². The minimum atomic E-state index is 0. The van der Waals surface area contributed by atoms with E-state index in [9.17, 15) is 4.79 Å². The summed E-state index contributed by atoms with van der Waals surface area (Å²) in [7, 11) is 1.94. The van der Waals surface area contributed by atoms with Gasteiger partial charge < -0.3 is 14.6 Å². The van der Waals surface area contributed by atoms with Crippen LogP contribution in [0.5, 0.6) is 0 Å². The third-order valence-electron chi connectivity index (χ3n) is 5.46. The molecule has 0 radical (unpaired) electrons. The number of carbonyl (C=O) groups excluding carboxylic acids is 1. The number of likely N-dealkylation sites (N-methyl/N-ethyl adjacent to an activating group) is 1. The van der Waals surface area contributed by atoms with Crippen molar-refractivity contribution in [2.45, 2.75) is 44.6 Å². The number of aryl methyl sites for hydroxylation is 2. The van der Waals surface area contributed by atoms with Crippen molar-refractivity contribution in [1.82, 2.24) is 10.2 Å². The largest absolute Gasteiger partial charge is 0.464 e. The van der Waals surface area contributed by atoms with Gasteiger partial charge in [-0.3, -0.25) is 4.79 Å². The molecule has 2 aliphatic rings. The first-order chi connectivity index (χ1) is 11.2. The molecule has 2 aromatic rings. The van der Waals surface area contributed by atoms with E-state index in [4.69, 9.17) is 4.42 Å². The fraction of sp³-hybridized carbons (Fsp3) is 0.526. The summed E-state index contributed by atoms with van der Waals surface area (Å²) in [5, 5.41) is 4.47. The lowest BCUT2D eigenvalue weighted by Crippen LogP contribution is -2.44. The van der Waals surface area contributed by atoms with Gasteiger partial charge in [-0.25, -0.2) is 0 Å². The molecule has 24 heavy (non-hydrogen) atoms. The number of hydrogen-bond acceptors (Lipinski definition) is 3. The van der Waals surface area contributed by atoms with E-state index in [0.29, 0.717) is 12.5 Å². The van der Waals surface area contributed by atoms with Crippen molar-refractivity contribution in [2.24, 2.45) is 0 Å². The smallest absolute Gasteiger partial charge is 0.227 e. The maximum absolute atomic E-state index is 12.7. The van der Waals surface area contributed by atoms with Crippen LogP contribution < -0.4 is 5.32 Å². The SMILES string of the molecule is CN(C(=O)Cc1coc2cc3c(cc12)CCC3)C1CCNCC1.Cl. The van der Waals surface area contributed by atoms with Crippen LogP contribution in [0.1, 0.15) is 36.0 Å². The van der Waals surface area contributed by atoms with Crippen LogP contribution in [0.4, 0.5) is 0 Å². The van der Waals surface area contributed by atoms with Gasteiger partial charge in [0, 0.05) is 24.0 Å². The lowest BCUT2D eigenvalue weighted by molar-refractivity contribution is -0.131. The molecule has 1 amide bonds. The average molecular weight is 349 g/mol. The van der Waals surface area contributed by atoms with Gasteiger partial charge in [-0.05, 0) is 68.5 Å². The number of hydrogen-bond donors (Lipinski definition) is 1. The van der Waals surface area contributed by atoms with Crippen LogP contribution in [0, 0.1) is 0 Å². The van der Waals surface area contributed by atoms with Gasteiger partial charge in [0.15, 0.2) is 0 Å². The molecule has 4 rings (SSSR count). The third-order valence-corrected chi connectivity index (χ3v) is 5.46. The lowest BCUT2D eigenvalue weighted by atomic mass is 10.0. The Balaban J connectivity index is 0.00000169. The summed E-state index contributed by atoms with van der Waals surface area (Å²) in [4.78, 5) is 14.6. The first-order valence-corrected chi connectivity index (χ1v) is 8.70. The summed E-state index contributed by atoms with van der Waals surface area (Å²) in [6.07, 6.45) is 7.83. The van der Waals surface area contributed by atoms with Crippen molar-refractivity contribution < 1.29 is 9.21 Å². The van der Waals surface area contributed by atoms with Crippen LogP contribution in [0.25, 0.3) is 11.0 Å². The molecule has 1 aliphatic heterocycles. The van der Waals surface area contributed by atoms with E-state index in [2.05, 4.69) is 17.4 Å². The topological polar surface area (TPSA) is 45.5 Å². The fourth-order valence-corrected chi connectivity index (χ4v) is 3.97. The average Bonchev–Trinajstić information content (AvgIpc) is 3.19. The maximum atomic E-state index is 12.7. The summed E-state index contributed by atoms with van der Waals surface area (Å²) in [6.45, 7) is 2.01. The Bertz CT molecular complexity index is 734. The van der Waals surface area contributed by atoms with Crippen LogP contribution >= 0.6 is 12.4 Å². The highest BCUT2D eigenvalue weighted by Crippen LogP contribution is 2.30. The number of nitrogens with one attached hydrogen (secondary N) is 1. The highest BCUT2D eigenvalue weighted by molar-refractivity contribution is 5.88. The number of fused-ring (bicyclic) bond motifs is 2. The molecule has 1 N–H and O–H groups in total. The van der Waals surface area contributed by atoms with E-state index < -0.39 is 0 Å². The molecule has 1 aromatic heterocycles. The van der Waals surface area contributed by atoms with Gasteiger partial charge in [-0.1, -0.05) is 0 Å². The number of amides is 1. The second-order valence-electron chi connectivity index (χ2n) is 6.89. The second kappa shape index (κ2) is 7.16. The van der Waals surface area contributed by atoms with Gasteiger partial charge in [-0.2, -0.15) is 0 Å². The zero-order valence-corrected chi connectivity index (χ0v) is 15.0. The molecule has 0 bridgehead atoms. The van der Waals surface area contributed by atoms with Crippen LogP contribution in [-0.2, 0) is 24.1 Å². The van der Waals surface area contributed by atoms with E-state index in [1.165, 1.54) is 17.5 Å². The summed E-state index contributed by atoms with van der Waals surface area (Å²) < 4.78 is 5.72. The fourth-order valence-electron chi connectivity index (χ4n) is 3.97. The van der Waals surface area contributed by atoms with Gasteiger partial charge >= 0.3 is 0 Å². The number of benzene rings is 1. The monoisotopic (exact) mass is 348 g/mol. The molecule has 1 fully saturated rings. The van der Waals surface area contributed by atoms with Gasteiger partial charge in [0.05, 0.1) is 12.7 Å². The van der Waals surface area contributed by atoms with Crippen LogP contribution in [0.2, 0.25) is 0 Å². The molecule has 0 spiro atoms. The summed E-state index contributed by atoms with van der Waals surface area (Å²) >= 11 is 0. The molecular formula is C19H25ClN2O2. The van der Waals surface area contributed by atoms with E-state index in [1.54, 1.807) is 6.26 Å². The molecule has 0 unspecified atom stereocenters. The van der Waals surface area contributed by atoms with Crippen LogP contribution in [0.15, 0.2) is 22.8 Å². The van der Waals surface area contributed by atoms with Crippen molar-refractivity contribution in [2.75, 3.05) is 20.1 Å². The summed E-state index contributed by atoms with van der Waals surface area (Å²) in [6, 6.07) is 4.78. The zero-order valence-electron chi connectivity index (χ0n) is 14.1. The number of nitrogens with zero attached hydrogens (tertiary/aromatic N) is 1. The Morgan fingerprint density at radius 2 is 1.96 bits per heavy atom. The minimum Gasteiger partial charge on any atom is -0.464 e. The van der Waals surface area contributed by atoms with Crippen molar-refractivity contribution in [3.63, 3.8) is 0 Å². The number of rotatable bonds is 3. The van der Waals surface area contributed by atoms with Crippen LogP contribution in [0.3, 0.4) is 0 Å². The molecule has 0 atom stereocenters. The molecule has 130 valence electrons. The quantitative estimate of drug-likeness (QED) is 0.927. The predicted octanol–water partition coefficient (Wildman–Crippen LogP) is 3.10. The van der Waals surface area contributed by atoms with E-state index in [0.717, 1.165) is 55.3 Å². The van der Waals surface area contributed by atoms with Gasteiger partial charge in [0.1, 0.15) is 5.58 Å². The zero-order chi connectivity index (χ0) is 15.8. The molecule has 4 nitrogen and oxygen atoms in total. The Hall–Kier alpha value is -1.52. The van der Waals surface area contributed by atoms with Crippen molar-refractivity contribution >= 4 is 29.3 Å². The summed E-state index contributed by atoms with van der Waals surface area (Å²) in [5.74, 6) is 0.195. The number of halogens is 1. The second-order valence-corrected chi connectivity index (χ2v) is 6.89. The van der Waals surface area contributed by atoms with Gasteiger partial charge in [0.2, 0.25) is 5.91 Å². The molecule has 1 aromatic carbocycles. The predicted molar refractivity (Wildman–Crippen MR) is 97.9 cm³/mol. The first kappa shape index (κ1) is 17.3. The first-order valence-electron chi connectivity index (χ1n) is 8.70. The van der Waals surface area contributed by atoms with Crippen molar-refractivity contribution in [1.29, 1.82) is 0 Å². The maximum Gasteiger partial charge on any atom is 0.227 e. The van der Waals surface area contributed by atoms with E-state index in [-0.39, 0.29) is 18.3 Å². The van der Waals surface area contributed by atoms with Crippen molar-refractivity contribution in [3.05, 3.63) is 35.1 Å². The van der Waals surface area contributed by atoms with Crippen LogP contribution in [-0.4, -0.2) is 37.0 Å².